The fraction of sp³-hybridized carbons (Fsp3) is 0.500. The molecule has 0 aliphatic carbocycles. The summed E-state index contributed by atoms with van der Waals surface area (Å²) in [6.45, 7) is 0.648. The minimum absolute atomic E-state index is 0.00120. The van der Waals surface area contributed by atoms with Crippen molar-refractivity contribution in [3.8, 4) is 5.75 Å². The Bertz CT molecular complexity index is 562. The number of nitrogens with one attached hydrogen (secondary N) is 1. The second kappa shape index (κ2) is 7.24. The lowest BCUT2D eigenvalue weighted by Gasteiger charge is -2.26. The highest BCUT2D eigenvalue weighted by Crippen LogP contribution is 2.21. The first-order valence-electron chi connectivity index (χ1n) is 7.38. The number of rotatable bonds is 4. The fourth-order valence-electron chi connectivity index (χ4n) is 2.64. The molecule has 1 unspecified atom stereocenters. The normalized spacial score (nSPS) is 18.3. The van der Waals surface area contributed by atoms with E-state index in [0.29, 0.717) is 24.3 Å². The van der Waals surface area contributed by atoms with Gasteiger partial charge in [-0.1, -0.05) is 0 Å². The summed E-state index contributed by atoms with van der Waals surface area (Å²) in [5, 5.41) is 2.81. The van der Waals surface area contributed by atoms with Gasteiger partial charge in [-0.15, -0.1) is 0 Å². The number of hydrogen-bond acceptors (Lipinski definition) is 3. The molecule has 2 amide bonds. The van der Waals surface area contributed by atoms with Gasteiger partial charge in [0.2, 0.25) is 11.8 Å². The number of ether oxygens (including phenoxy) is 1. The number of halogens is 1. The molecule has 5 nitrogen and oxygen atoms in total. The van der Waals surface area contributed by atoms with Gasteiger partial charge in [-0.2, -0.15) is 0 Å². The van der Waals surface area contributed by atoms with Crippen LogP contribution in [0.15, 0.2) is 18.2 Å². The molecule has 0 saturated carbocycles. The van der Waals surface area contributed by atoms with Gasteiger partial charge >= 0.3 is 0 Å². The molecule has 1 heterocycles. The monoisotopic (exact) mass is 308 g/mol. The van der Waals surface area contributed by atoms with Crippen molar-refractivity contribution in [1.82, 2.24) is 10.2 Å². The quantitative estimate of drug-likeness (QED) is 0.917. The zero-order valence-corrected chi connectivity index (χ0v) is 12.9. The molecule has 0 spiro atoms. The van der Waals surface area contributed by atoms with Crippen LogP contribution < -0.4 is 10.1 Å². The summed E-state index contributed by atoms with van der Waals surface area (Å²) in [6, 6.07) is 3.61. The highest BCUT2D eigenvalue weighted by Gasteiger charge is 2.28. The van der Waals surface area contributed by atoms with Crippen LogP contribution in [0.1, 0.15) is 24.8 Å². The maximum Gasteiger partial charge on any atom is 0.242 e. The number of hydrogen-bond donors (Lipinski definition) is 1. The average Bonchev–Trinajstić information content (AvgIpc) is 2.71. The third-order valence-electron chi connectivity index (χ3n) is 3.95. The molecule has 6 heteroatoms. The van der Waals surface area contributed by atoms with Crippen molar-refractivity contribution in [3.05, 3.63) is 29.6 Å². The van der Waals surface area contributed by atoms with E-state index in [1.54, 1.807) is 7.05 Å². The largest absolute Gasteiger partial charge is 0.496 e. The van der Waals surface area contributed by atoms with E-state index in [1.165, 1.54) is 30.2 Å². The van der Waals surface area contributed by atoms with Crippen molar-refractivity contribution in [2.24, 2.45) is 0 Å². The fourth-order valence-corrected chi connectivity index (χ4v) is 2.64. The van der Waals surface area contributed by atoms with E-state index in [1.807, 2.05) is 0 Å². The smallest absolute Gasteiger partial charge is 0.242 e. The molecular weight excluding hydrogens is 287 g/mol. The minimum Gasteiger partial charge on any atom is -0.496 e. The first-order valence-corrected chi connectivity index (χ1v) is 7.38. The van der Waals surface area contributed by atoms with Crippen molar-refractivity contribution in [3.63, 3.8) is 0 Å². The SMILES string of the molecule is COc1ccc(F)cc1CC(=O)N(C)C1CCCCNC1=O. The van der Waals surface area contributed by atoms with Crippen molar-refractivity contribution >= 4 is 11.8 Å². The summed E-state index contributed by atoms with van der Waals surface area (Å²) < 4.78 is 18.5. The van der Waals surface area contributed by atoms with Crippen LogP contribution in [-0.2, 0) is 16.0 Å². The number of nitrogens with zero attached hydrogens (tertiary/aromatic N) is 1. The number of carbonyl (C=O) groups is 2. The molecule has 1 saturated heterocycles. The zero-order valence-electron chi connectivity index (χ0n) is 12.9. The van der Waals surface area contributed by atoms with Crippen LogP contribution in [0.4, 0.5) is 4.39 Å². The molecule has 0 bridgehead atoms. The van der Waals surface area contributed by atoms with Crippen molar-refractivity contribution in [2.75, 3.05) is 20.7 Å². The Balaban J connectivity index is 2.11. The molecule has 120 valence electrons. The zero-order chi connectivity index (χ0) is 16.1. The molecular formula is C16H21FN2O3. The molecule has 0 aromatic heterocycles. The van der Waals surface area contributed by atoms with Crippen molar-refractivity contribution in [2.45, 2.75) is 31.7 Å². The van der Waals surface area contributed by atoms with E-state index < -0.39 is 11.9 Å². The topological polar surface area (TPSA) is 58.6 Å². The van der Waals surface area contributed by atoms with Crippen LogP contribution in [-0.4, -0.2) is 43.5 Å². The second-order valence-electron chi connectivity index (χ2n) is 5.44. The minimum atomic E-state index is -0.463. The summed E-state index contributed by atoms with van der Waals surface area (Å²) in [5.74, 6) is -0.308. The Hall–Kier alpha value is -2.11. The number of methoxy groups -OCH3 is 1. The number of likely N-dealkylation sites (N-methyl/N-ethyl adjacent to an activating group) is 1. The van der Waals surface area contributed by atoms with Crippen LogP contribution in [0.3, 0.4) is 0 Å². The summed E-state index contributed by atoms with van der Waals surface area (Å²) in [7, 11) is 3.09. The lowest BCUT2D eigenvalue weighted by Crippen LogP contribution is -2.47. The molecule has 1 fully saturated rings. The van der Waals surface area contributed by atoms with Gasteiger partial charge in [0, 0.05) is 19.2 Å². The maximum absolute atomic E-state index is 13.4. The number of carbonyl (C=O) groups excluding carboxylic acids is 2. The molecule has 1 atom stereocenters. The summed E-state index contributed by atoms with van der Waals surface area (Å²) in [6.07, 6.45) is 2.46. The predicted octanol–water partition coefficient (Wildman–Crippen LogP) is 1.50. The molecule has 1 aliphatic rings. The third-order valence-corrected chi connectivity index (χ3v) is 3.95. The van der Waals surface area contributed by atoms with Crippen LogP contribution >= 0.6 is 0 Å². The van der Waals surface area contributed by atoms with Gasteiger partial charge < -0.3 is 15.0 Å². The number of amides is 2. The highest BCUT2D eigenvalue weighted by atomic mass is 19.1. The molecule has 1 aromatic rings. The van der Waals surface area contributed by atoms with Crippen molar-refractivity contribution < 1.29 is 18.7 Å². The standard InChI is InChI=1S/C16H21FN2O3/c1-19(13-5-3-4-8-18-16(13)21)15(20)10-11-9-12(17)6-7-14(11)22-2/h6-7,9,13H,3-5,8,10H2,1-2H3,(H,18,21). The molecule has 22 heavy (non-hydrogen) atoms. The van der Waals surface area contributed by atoms with E-state index in [0.717, 1.165) is 12.8 Å². The molecule has 1 aliphatic heterocycles. The predicted molar refractivity (Wildman–Crippen MR) is 80.1 cm³/mol. The van der Waals surface area contributed by atoms with E-state index >= 15 is 0 Å². The van der Waals surface area contributed by atoms with Gasteiger partial charge in [-0.25, -0.2) is 4.39 Å². The third kappa shape index (κ3) is 3.75. The molecule has 2 rings (SSSR count). The van der Waals surface area contributed by atoms with Gasteiger partial charge in [-0.05, 0) is 37.5 Å². The molecule has 1 aromatic carbocycles. The molecule has 0 radical (unpaired) electrons. The highest BCUT2D eigenvalue weighted by molar-refractivity contribution is 5.88. The Morgan fingerprint density at radius 3 is 2.95 bits per heavy atom. The van der Waals surface area contributed by atoms with Crippen LogP contribution in [0.5, 0.6) is 5.75 Å². The summed E-state index contributed by atoms with van der Waals surface area (Å²) in [4.78, 5) is 25.9. The lowest BCUT2D eigenvalue weighted by atomic mass is 10.1. The van der Waals surface area contributed by atoms with Crippen LogP contribution in [0.2, 0.25) is 0 Å². The van der Waals surface area contributed by atoms with Gasteiger partial charge in [0.25, 0.3) is 0 Å². The Labute approximate surface area is 129 Å². The first-order chi connectivity index (χ1) is 10.5. The van der Waals surface area contributed by atoms with Gasteiger partial charge in [0.05, 0.1) is 13.5 Å². The summed E-state index contributed by atoms with van der Waals surface area (Å²) >= 11 is 0. The van der Waals surface area contributed by atoms with E-state index in [4.69, 9.17) is 4.74 Å². The Kier molecular flexibility index (Phi) is 5.35. The van der Waals surface area contributed by atoms with Gasteiger partial charge in [0.1, 0.15) is 17.6 Å². The number of benzene rings is 1. The average molecular weight is 308 g/mol. The lowest BCUT2D eigenvalue weighted by molar-refractivity contribution is -0.138. The van der Waals surface area contributed by atoms with E-state index in [-0.39, 0.29) is 18.2 Å². The van der Waals surface area contributed by atoms with Crippen LogP contribution in [0, 0.1) is 5.82 Å². The first kappa shape index (κ1) is 16.3. The maximum atomic E-state index is 13.4. The second-order valence-corrected chi connectivity index (χ2v) is 5.44. The molecule has 1 N–H and O–H groups in total. The van der Waals surface area contributed by atoms with Crippen LogP contribution in [0.25, 0.3) is 0 Å². The van der Waals surface area contributed by atoms with Gasteiger partial charge in [0.15, 0.2) is 0 Å². The van der Waals surface area contributed by atoms with Gasteiger partial charge in [-0.3, -0.25) is 9.59 Å². The van der Waals surface area contributed by atoms with E-state index in [2.05, 4.69) is 5.32 Å². The van der Waals surface area contributed by atoms with Crippen molar-refractivity contribution in [1.29, 1.82) is 0 Å². The summed E-state index contributed by atoms with van der Waals surface area (Å²) in [5.41, 5.74) is 0.480. The van der Waals surface area contributed by atoms with E-state index in [9.17, 15) is 14.0 Å². The Morgan fingerprint density at radius 2 is 2.23 bits per heavy atom. The Morgan fingerprint density at radius 1 is 1.45 bits per heavy atom.